The number of aryl methyl sites for hydroxylation is 1. The van der Waals surface area contributed by atoms with Gasteiger partial charge >= 0.3 is 6.03 Å². The molecule has 1 atom stereocenters. The lowest BCUT2D eigenvalue weighted by Gasteiger charge is -2.13. The summed E-state index contributed by atoms with van der Waals surface area (Å²) in [5.41, 5.74) is 1.03. The Morgan fingerprint density at radius 1 is 1.32 bits per heavy atom. The van der Waals surface area contributed by atoms with E-state index in [2.05, 4.69) is 20.9 Å². The zero-order valence-electron chi connectivity index (χ0n) is 15.8. The van der Waals surface area contributed by atoms with Gasteiger partial charge in [0, 0.05) is 25.8 Å². The van der Waals surface area contributed by atoms with Crippen molar-refractivity contribution in [2.24, 2.45) is 0 Å². The summed E-state index contributed by atoms with van der Waals surface area (Å²) in [6, 6.07) is 3.07. The highest BCUT2D eigenvalue weighted by molar-refractivity contribution is 7.90. The SMILES string of the molecule is CC(=O)NCC(C)NC(=O)Nc1nc(C)c(-c2ccc(S(C)(=O)=O)c(F)c2)s1. The number of nitrogens with one attached hydrogen (secondary N) is 3. The number of amides is 3. The standard InChI is InChI=1S/C17H21FN4O4S2/c1-9(8-19-11(3)23)20-16(24)22-17-21-10(2)15(27-17)12-5-6-14(13(18)7-12)28(4,25)26/h5-7,9H,8H2,1-4H3,(H,19,23)(H2,20,21,22,24). The quantitative estimate of drug-likeness (QED) is 0.653. The number of halogens is 1. The molecule has 0 saturated heterocycles. The number of aromatic nitrogens is 1. The second kappa shape index (κ2) is 8.65. The Hall–Kier alpha value is -2.53. The maximum absolute atomic E-state index is 14.1. The largest absolute Gasteiger partial charge is 0.354 e. The van der Waals surface area contributed by atoms with E-state index in [-0.39, 0.29) is 23.4 Å². The maximum Gasteiger partial charge on any atom is 0.321 e. The molecule has 3 amide bonds. The van der Waals surface area contributed by atoms with Crippen LogP contribution in [0.4, 0.5) is 14.3 Å². The molecule has 0 saturated carbocycles. The summed E-state index contributed by atoms with van der Waals surface area (Å²) >= 11 is 1.14. The predicted molar refractivity (Wildman–Crippen MR) is 106 cm³/mol. The predicted octanol–water partition coefficient (Wildman–Crippen LogP) is 2.31. The van der Waals surface area contributed by atoms with Crippen LogP contribution in [0.15, 0.2) is 23.1 Å². The fraction of sp³-hybridized carbons (Fsp3) is 0.353. The van der Waals surface area contributed by atoms with Gasteiger partial charge in [-0.25, -0.2) is 22.6 Å². The average molecular weight is 429 g/mol. The van der Waals surface area contributed by atoms with Gasteiger partial charge in [0.05, 0.1) is 10.6 Å². The second-order valence-electron chi connectivity index (χ2n) is 6.29. The van der Waals surface area contributed by atoms with Crippen LogP contribution in [-0.4, -0.2) is 44.2 Å². The van der Waals surface area contributed by atoms with Crippen molar-refractivity contribution in [2.45, 2.75) is 31.7 Å². The summed E-state index contributed by atoms with van der Waals surface area (Å²) in [4.78, 5) is 27.4. The van der Waals surface area contributed by atoms with Crippen molar-refractivity contribution in [1.29, 1.82) is 0 Å². The number of anilines is 1. The van der Waals surface area contributed by atoms with Crippen LogP contribution in [0.25, 0.3) is 10.4 Å². The molecule has 2 rings (SSSR count). The average Bonchev–Trinajstić information content (AvgIpc) is 2.91. The summed E-state index contributed by atoms with van der Waals surface area (Å²) in [7, 11) is -3.65. The number of hydrogen-bond donors (Lipinski definition) is 3. The molecule has 28 heavy (non-hydrogen) atoms. The number of hydrogen-bond acceptors (Lipinski definition) is 6. The van der Waals surface area contributed by atoms with Crippen LogP contribution in [-0.2, 0) is 14.6 Å². The van der Waals surface area contributed by atoms with E-state index in [9.17, 15) is 22.4 Å². The fourth-order valence-electron chi connectivity index (χ4n) is 2.37. The van der Waals surface area contributed by atoms with Crippen LogP contribution in [0, 0.1) is 12.7 Å². The van der Waals surface area contributed by atoms with E-state index < -0.39 is 21.7 Å². The number of nitrogens with zero attached hydrogens (tertiary/aromatic N) is 1. The third kappa shape index (κ3) is 5.73. The molecule has 0 aliphatic heterocycles. The van der Waals surface area contributed by atoms with E-state index in [0.29, 0.717) is 21.3 Å². The summed E-state index contributed by atoms with van der Waals surface area (Å²) < 4.78 is 37.2. The first-order valence-corrected chi connectivity index (χ1v) is 11.0. The lowest BCUT2D eigenvalue weighted by Crippen LogP contribution is -2.43. The Morgan fingerprint density at radius 3 is 2.57 bits per heavy atom. The number of urea groups is 1. The normalized spacial score (nSPS) is 12.3. The molecule has 0 aliphatic rings. The molecule has 1 unspecified atom stereocenters. The van der Waals surface area contributed by atoms with Gasteiger partial charge in [0.1, 0.15) is 10.7 Å². The van der Waals surface area contributed by atoms with Crippen LogP contribution in [0.2, 0.25) is 0 Å². The summed E-state index contributed by atoms with van der Waals surface area (Å²) in [5.74, 6) is -1.03. The van der Waals surface area contributed by atoms with Crippen molar-refractivity contribution < 1.29 is 22.4 Å². The van der Waals surface area contributed by atoms with Crippen molar-refractivity contribution >= 4 is 38.2 Å². The summed E-state index contributed by atoms with van der Waals surface area (Å²) in [6.07, 6.45) is 0.941. The molecule has 8 nitrogen and oxygen atoms in total. The van der Waals surface area contributed by atoms with Gasteiger partial charge in [-0.1, -0.05) is 17.4 Å². The van der Waals surface area contributed by atoms with Gasteiger partial charge in [0.25, 0.3) is 0 Å². The van der Waals surface area contributed by atoms with Crippen LogP contribution >= 0.6 is 11.3 Å². The Labute approximate surface area is 166 Å². The van der Waals surface area contributed by atoms with Gasteiger partial charge in [0.2, 0.25) is 5.91 Å². The van der Waals surface area contributed by atoms with E-state index in [1.807, 2.05) is 0 Å². The molecular weight excluding hydrogens is 407 g/mol. The molecule has 1 heterocycles. The van der Waals surface area contributed by atoms with Gasteiger partial charge in [-0.05, 0) is 31.5 Å². The Bertz CT molecular complexity index is 1000. The summed E-state index contributed by atoms with van der Waals surface area (Å²) in [6.45, 7) is 5.12. The number of thiazole rings is 1. The number of carbonyl (C=O) groups is 2. The van der Waals surface area contributed by atoms with Gasteiger partial charge in [0.15, 0.2) is 15.0 Å². The Balaban J connectivity index is 2.12. The third-order valence-corrected chi connectivity index (χ3v) is 5.90. The molecule has 0 radical (unpaired) electrons. The van der Waals surface area contributed by atoms with Crippen LogP contribution in [0.1, 0.15) is 19.5 Å². The van der Waals surface area contributed by atoms with Crippen molar-refractivity contribution in [3.8, 4) is 10.4 Å². The lowest BCUT2D eigenvalue weighted by molar-refractivity contribution is -0.119. The lowest BCUT2D eigenvalue weighted by atomic mass is 10.1. The van der Waals surface area contributed by atoms with Gasteiger partial charge in [-0.3, -0.25) is 10.1 Å². The molecule has 11 heteroatoms. The van der Waals surface area contributed by atoms with Crippen molar-refractivity contribution in [2.75, 3.05) is 18.1 Å². The highest BCUT2D eigenvalue weighted by Gasteiger charge is 2.18. The minimum atomic E-state index is -3.65. The molecule has 1 aromatic carbocycles. The zero-order chi connectivity index (χ0) is 21.1. The molecule has 1 aromatic heterocycles. The number of carbonyl (C=O) groups excluding carboxylic acids is 2. The molecule has 3 N–H and O–H groups in total. The maximum atomic E-state index is 14.1. The summed E-state index contributed by atoms with van der Waals surface area (Å²) in [5, 5.41) is 8.16. The van der Waals surface area contributed by atoms with Gasteiger partial charge in [-0.2, -0.15) is 0 Å². The molecule has 0 bridgehead atoms. The van der Waals surface area contributed by atoms with E-state index in [1.165, 1.54) is 19.1 Å². The molecular formula is C17H21FN4O4S2. The highest BCUT2D eigenvalue weighted by Crippen LogP contribution is 2.34. The first-order chi connectivity index (χ1) is 13.0. The van der Waals surface area contributed by atoms with Crippen molar-refractivity contribution in [1.82, 2.24) is 15.6 Å². The van der Waals surface area contributed by atoms with Crippen molar-refractivity contribution in [3.63, 3.8) is 0 Å². The Morgan fingerprint density at radius 2 is 2.00 bits per heavy atom. The second-order valence-corrected chi connectivity index (χ2v) is 9.27. The number of benzene rings is 1. The molecule has 0 fully saturated rings. The fourth-order valence-corrected chi connectivity index (χ4v) is 4.05. The minimum absolute atomic E-state index is 0.191. The number of sulfone groups is 1. The topological polar surface area (TPSA) is 117 Å². The van der Waals surface area contributed by atoms with Crippen LogP contribution in [0.5, 0.6) is 0 Å². The van der Waals surface area contributed by atoms with E-state index in [1.54, 1.807) is 13.8 Å². The first-order valence-electron chi connectivity index (χ1n) is 8.26. The number of rotatable bonds is 6. The molecule has 0 aliphatic carbocycles. The molecule has 2 aromatic rings. The van der Waals surface area contributed by atoms with Crippen LogP contribution in [0.3, 0.4) is 0 Å². The van der Waals surface area contributed by atoms with Gasteiger partial charge < -0.3 is 10.6 Å². The van der Waals surface area contributed by atoms with Crippen molar-refractivity contribution in [3.05, 3.63) is 29.7 Å². The minimum Gasteiger partial charge on any atom is -0.354 e. The molecule has 0 spiro atoms. The van der Waals surface area contributed by atoms with Gasteiger partial charge in [-0.15, -0.1) is 0 Å². The smallest absolute Gasteiger partial charge is 0.321 e. The monoisotopic (exact) mass is 428 g/mol. The van der Waals surface area contributed by atoms with Crippen LogP contribution < -0.4 is 16.0 Å². The van der Waals surface area contributed by atoms with E-state index in [0.717, 1.165) is 23.7 Å². The van der Waals surface area contributed by atoms with E-state index in [4.69, 9.17) is 0 Å². The zero-order valence-corrected chi connectivity index (χ0v) is 17.4. The highest BCUT2D eigenvalue weighted by atomic mass is 32.2. The third-order valence-electron chi connectivity index (χ3n) is 3.65. The molecule has 152 valence electrons. The van der Waals surface area contributed by atoms with E-state index >= 15 is 0 Å². The first kappa shape index (κ1) is 21.8. The Kier molecular flexibility index (Phi) is 6.73.